The van der Waals surface area contributed by atoms with Gasteiger partial charge >= 0.3 is 0 Å². The average molecular weight is 701 g/mol. The lowest BCUT2D eigenvalue weighted by Crippen LogP contribution is -2.16. The van der Waals surface area contributed by atoms with Gasteiger partial charge in [-0.3, -0.25) is 0 Å². The second-order valence-electron chi connectivity index (χ2n) is 14.2. The van der Waals surface area contributed by atoms with E-state index in [1.54, 1.807) is 0 Å². The standard InChI is InChI=1S/C51H37NS/c1-51(2)47-32-38(42-17-11-18-46-45-16-9-10-19-49(45)53-50(42)46)24-30-43(47)44-31-29-41(33-48(44)51)52(39-25-20-36(21-26-39)34-12-5-3-6-13-34)40-27-22-37(23-28-40)35-14-7-4-8-15-35/h3-33H,1-2H3/i3D,5D,6D,12D,13D. The van der Waals surface area contributed by atoms with Crippen molar-refractivity contribution in [2.75, 3.05) is 4.90 Å². The van der Waals surface area contributed by atoms with Crippen molar-refractivity contribution in [1.82, 2.24) is 0 Å². The number of fused-ring (bicyclic) bond motifs is 6. The second kappa shape index (κ2) is 12.5. The zero-order chi connectivity index (χ0) is 39.9. The molecule has 0 spiro atoms. The maximum Gasteiger partial charge on any atom is 0.0629 e. The van der Waals surface area contributed by atoms with Crippen molar-refractivity contribution in [1.29, 1.82) is 0 Å². The summed E-state index contributed by atoms with van der Waals surface area (Å²) in [4.78, 5) is 2.23. The zero-order valence-corrected chi connectivity index (χ0v) is 30.2. The number of benzene rings is 8. The van der Waals surface area contributed by atoms with Crippen LogP contribution in [0.1, 0.15) is 31.8 Å². The molecule has 0 amide bonds. The van der Waals surface area contributed by atoms with Crippen LogP contribution in [-0.2, 0) is 5.41 Å². The van der Waals surface area contributed by atoms with E-state index in [4.69, 9.17) is 6.85 Å². The van der Waals surface area contributed by atoms with Gasteiger partial charge in [-0.25, -0.2) is 0 Å². The van der Waals surface area contributed by atoms with E-state index in [0.717, 1.165) is 28.2 Å². The van der Waals surface area contributed by atoms with Crippen LogP contribution in [0.3, 0.4) is 0 Å². The SMILES string of the molecule is [2H]c1c([2H])c([2H])c(-c2ccc(N(c3ccc(-c4ccccc4)cc3)c3ccc4c(c3)C(C)(C)c3cc(-c5cccc6c5sc5ccccc56)ccc3-4)cc2)c([2H])c1[2H]. The number of anilines is 3. The van der Waals surface area contributed by atoms with Crippen LogP contribution in [-0.4, -0.2) is 0 Å². The first-order valence-corrected chi connectivity index (χ1v) is 18.7. The van der Waals surface area contributed by atoms with Gasteiger partial charge < -0.3 is 4.90 Å². The van der Waals surface area contributed by atoms with Crippen LogP contribution < -0.4 is 4.90 Å². The molecule has 0 N–H and O–H groups in total. The van der Waals surface area contributed by atoms with Crippen molar-refractivity contribution in [3.8, 4) is 44.5 Å². The number of rotatable bonds is 6. The zero-order valence-electron chi connectivity index (χ0n) is 34.4. The molecule has 10 rings (SSSR count). The van der Waals surface area contributed by atoms with Crippen LogP contribution in [0.4, 0.5) is 17.1 Å². The molecule has 8 aromatic carbocycles. The normalized spacial score (nSPS) is 14.2. The van der Waals surface area contributed by atoms with Crippen LogP contribution in [0.15, 0.2) is 188 Å². The molecular formula is C51H37NS. The van der Waals surface area contributed by atoms with Gasteiger partial charge in [-0.15, -0.1) is 11.3 Å². The summed E-state index contributed by atoms with van der Waals surface area (Å²) < 4.78 is 44.3. The summed E-state index contributed by atoms with van der Waals surface area (Å²) in [6.45, 7) is 4.64. The van der Waals surface area contributed by atoms with E-state index < -0.39 is 6.04 Å². The van der Waals surface area contributed by atoms with Crippen LogP contribution in [0.25, 0.3) is 64.7 Å². The molecule has 0 fully saturated rings. The molecule has 0 saturated heterocycles. The predicted molar refractivity (Wildman–Crippen MR) is 228 cm³/mol. The molecule has 1 heterocycles. The van der Waals surface area contributed by atoms with Crippen LogP contribution in [0.5, 0.6) is 0 Å². The van der Waals surface area contributed by atoms with Crippen LogP contribution >= 0.6 is 11.3 Å². The van der Waals surface area contributed by atoms with Gasteiger partial charge in [-0.2, -0.15) is 0 Å². The molecular weight excluding hydrogens is 659 g/mol. The topological polar surface area (TPSA) is 3.24 Å². The van der Waals surface area contributed by atoms with Gasteiger partial charge in [0.15, 0.2) is 0 Å². The highest BCUT2D eigenvalue weighted by Crippen LogP contribution is 2.52. The fraction of sp³-hybridized carbons (Fsp3) is 0.0588. The first kappa shape index (κ1) is 26.5. The van der Waals surface area contributed by atoms with E-state index in [9.17, 15) is 0 Å². The molecule has 0 aliphatic heterocycles. The second-order valence-corrected chi connectivity index (χ2v) is 15.2. The number of hydrogen-bond donors (Lipinski definition) is 0. The summed E-state index contributed by atoms with van der Waals surface area (Å²) in [7, 11) is 0. The highest BCUT2D eigenvalue weighted by atomic mass is 32.1. The Labute approximate surface area is 322 Å². The molecule has 0 bridgehead atoms. The molecule has 9 aromatic rings. The maximum atomic E-state index is 8.57. The van der Waals surface area contributed by atoms with Gasteiger partial charge in [0.2, 0.25) is 0 Å². The first-order chi connectivity index (χ1) is 28.1. The lowest BCUT2D eigenvalue weighted by atomic mass is 9.81. The molecule has 252 valence electrons. The fourth-order valence-corrected chi connectivity index (χ4v) is 9.30. The lowest BCUT2D eigenvalue weighted by molar-refractivity contribution is 0.660. The van der Waals surface area contributed by atoms with E-state index in [0.29, 0.717) is 5.56 Å². The van der Waals surface area contributed by atoms with E-state index in [2.05, 4.69) is 134 Å². The summed E-state index contributed by atoms with van der Waals surface area (Å²) in [5.41, 5.74) is 13.1. The van der Waals surface area contributed by atoms with Gasteiger partial charge in [0.1, 0.15) is 0 Å². The molecule has 0 unspecified atom stereocenters. The fourth-order valence-electron chi connectivity index (χ4n) is 8.06. The van der Waals surface area contributed by atoms with Crippen molar-refractivity contribution in [3.05, 3.63) is 199 Å². The highest BCUT2D eigenvalue weighted by molar-refractivity contribution is 7.26. The Bertz CT molecular complexity index is 3050. The molecule has 2 heteroatoms. The summed E-state index contributed by atoms with van der Waals surface area (Å²) in [5.74, 6) is 0. The third kappa shape index (κ3) is 5.29. The molecule has 1 aliphatic carbocycles. The Balaban J connectivity index is 1.07. The monoisotopic (exact) mass is 700 g/mol. The van der Waals surface area contributed by atoms with Gasteiger partial charge in [0.05, 0.1) is 6.85 Å². The van der Waals surface area contributed by atoms with Crippen molar-refractivity contribution in [2.24, 2.45) is 0 Å². The quantitative estimate of drug-likeness (QED) is 0.167. The third-order valence-corrected chi connectivity index (χ3v) is 12.0. The summed E-state index contributed by atoms with van der Waals surface area (Å²) in [6.07, 6.45) is 0. The van der Waals surface area contributed by atoms with Crippen LogP contribution in [0.2, 0.25) is 0 Å². The Kier molecular flexibility index (Phi) is 6.25. The first-order valence-electron chi connectivity index (χ1n) is 20.4. The Morgan fingerprint density at radius 2 is 1.02 bits per heavy atom. The average Bonchev–Trinajstić information content (AvgIpc) is 3.75. The lowest BCUT2D eigenvalue weighted by Gasteiger charge is -2.28. The van der Waals surface area contributed by atoms with Gasteiger partial charge in [0, 0.05) is 42.6 Å². The van der Waals surface area contributed by atoms with Crippen molar-refractivity contribution in [3.63, 3.8) is 0 Å². The molecule has 1 aliphatic rings. The smallest absolute Gasteiger partial charge is 0.0629 e. The minimum Gasteiger partial charge on any atom is -0.310 e. The largest absolute Gasteiger partial charge is 0.310 e. The summed E-state index contributed by atoms with van der Waals surface area (Å²) in [6, 6.07) is 54.0. The maximum absolute atomic E-state index is 8.57. The molecule has 0 saturated carbocycles. The Morgan fingerprint density at radius 1 is 0.453 bits per heavy atom. The number of thiophene rings is 1. The van der Waals surface area contributed by atoms with Crippen LogP contribution in [0, 0.1) is 0 Å². The Hall–Kier alpha value is -6.22. The molecule has 1 nitrogen and oxygen atoms in total. The molecule has 0 atom stereocenters. The Morgan fingerprint density at radius 3 is 1.75 bits per heavy atom. The predicted octanol–water partition coefficient (Wildman–Crippen LogP) is 14.8. The summed E-state index contributed by atoms with van der Waals surface area (Å²) >= 11 is 1.86. The van der Waals surface area contributed by atoms with Crippen molar-refractivity contribution >= 4 is 48.6 Å². The van der Waals surface area contributed by atoms with Crippen molar-refractivity contribution < 1.29 is 6.85 Å². The van der Waals surface area contributed by atoms with E-state index >= 15 is 0 Å². The molecule has 53 heavy (non-hydrogen) atoms. The number of hydrogen-bond acceptors (Lipinski definition) is 2. The van der Waals surface area contributed by atoms with E-state index in [1.165, 1.54) is 53.6 Å². The highest BCUT2D eigenvalue weighted by Gasteiger charge is 2.36. The van der Waals surface area contributed by atoms with Gasteiger partial charge in [-0.1, -0.05) is 153 Å². The number of nitrogens with zero attached hydrogens (tertiary/aromatic N) is 1. The van der Waals surface area contributed by atoms with Crippen molar-refractivity contribution in [2.45, 2.75) is 19.3 Å². The molecule has 0 radical (unpaired) electrons. The summed E-state index contributed by atoms with van der Waals surface area (Å²) in [5, 5.41) is 2.60. The minimum absolute atomic E-state index is 0.191. The molecule has 1 aromatic heterocycles. The minimum atomic E-state index is -0.396. The van der Waals surface area contributed by atoms with E-state index in [1.807, 2.05) is 53.8 Å². The third-order valence-electron chi connectivity index (χ3n) is 10.8. The van der Waals surface area contributed by atoms with E-state index in [-0.39, 0.29) is 35.1 Å². The van der Waals surface area contributed by atoms with Gasteiger partial charge in [0.25, 0.3) is 0 Å². The van der Waals surface area contributed by atoms with Gasteiger partial charge in [-0.05, 0) is 104 Å².